The molecule has 0 atom stereocenters. The van der Waals surface area contributed by atoms with Gasteiger partial charge in [0.1, 0.15) is 5.60 Å². The van der Waals surface area contributed by atoms with Gasteiger partial charge in [0.2, 0.25) is 0 Å². The molecule has 27 heavy (non-hydrogen) atoms. The molecule has 144 valence electrons. The summed E-state index contributed by atoms with van der Waals surface area (Å²) in [5.41, 5.74) is 2.85. The number of rotatable bonds is 4. The van der Waals surface area contributed by atoms with Crippen molar-refractivity contribution in [2.24, 2.45) is 0 Å². The maximum atomic E-state index is 12.7. The Bertz CT molecular complexity index is 776. The van der Waals surface area contributed by atoms with Crippen molar-refractivity contribution in [3.63, 3.8) is 0 Å². The van der Waals surface area contributed by atoms with Gasteiger partial charge in [0.15, 0.2) is 0 Å². The number of carbonyl (C=O) groups is 1. The van der Waals surface area contributed by atoms with E-state index in [1.165, 1.54) is 0 Å². The zero-order valence-electron chi connectivity index (χ0n) is 16.7. The molecule has 1 saturated heterocycles. The molecule has 0 radical (unpaired) electrons. The van der Waals surface area contributed by atoms with Gasteiger partial charge in [0.25, 0.3) is 0 Å². The maximum Gasteiger partial charge on any atom is 0.340 e. The standard InChI is InChI=1S/C22H29N3O2/c1-22(2,3)27-21(26)19-11-10-18(25-14-12-24(4)13-15-25)16-20(19)23-17-8-6-5-7-9-17/h5-11,16,23H,12-15H2,1-4H3. The summed E-state index contributed by atoms with van der Waals surface area (Å²) in [5.74, 6) is -0.314. The van der Waals surface area contributed by atoms with Crippen molar-refractivity contribution >= 4 is 23.0 Å². The van der Waals surface area contributed by atoms with Gasteiger partial charge in [0, 0.05) is 37.6 Å². The fourth-order valence-corrected chi connectivity index (χ4v) is 3.09. The Morgan fingerprint density at radius 3 is 2.30 bits per heavy atom. The third-order valence-corrected chi connectivity index (χ3v) is 4.54. The Balaban J connectivity index is 1.91. The van der Waals surface area contributed by atoms with E-state index in [0.717, 1.165) is 43.2 Å². The molecule has 0 spiro atoms. The van der Waals surface area contributed by atoms with Crippen molar-refractivity contribution in [1.82, 2.24) is 4.90 Å². The van der Waals surface area contributed by atoms with E-state index in [-0.39, 0.29) is 5.97 Å². The molecule has 1 fully saturated rings. The normalized spacial score (nSPS) is 15.5. The Kier molecular flexibility index (Phi) is 5.71. The average molecular weight is 367 g/mol. The van der Waals surface area contributed by atoms with Crippen LogP contribution in [0.3, 0.4) is 0 Å². The number of esters is 1. The van der Waals surface area contributed by atoms with Crippen LogP contribution in [0.2, 0.25) is 0 Å². The fourth-order valence-electron chi connectivity index (χ4n) is 3.09. The van der Waals surface area contributed by atoms with Crippen molar-refractivity contribution in [3.05, 3.63) is 54.1 Å². The Hall–Kier alpha value is -2.53. The zero-order valence-corrected chi connectivity index (χ0v) is 16.7. The lowest BCUT2D eigenvalue weighted by atomic mass is 10.1. The van der Waals surface area contributed by atoms with Crippen LogP contribution in [0.5, 0.6) is 0 Å². The molecule has 0 unspecified atom stereocenters. The van der Waals surface area contributed by atoms with Crippen LogP contribution in [-0.2, 0) is 4.74 Å². The molecule has 5 heteroatoms. The van der Waals surface area contributed by atoms with E-state index in [9.17, 15) is 4.79 Å². The van der Waals surface area contributed by atoms with Gasteiger partial charge in [-0.25, -0.2) is 4.79 Å². The number of ether oxygens (including phenoxy) is 1. The second kappa shape index (κ2) is 8.01. The van der Waals surface area contributed by atoms with E-state index in [4.69, 9.17) is 4.74 Å². The van der Waals surface area contributed by atoms with Gasteiger partial charge < -0.3 is 19.9 Å². The highest BCUT2D eigenvalue weighted by molar-refractivity contribution is 5.97. The third kappa shape index (κ3) is 5.23. The highest BCUT2D eigenvalue weighted by Crippen LogP contribution is 2.29. The summed E-state index contributed by atoms with van der Waals surface area (Å²) in [6.07, 6.45) is 0. The van der Waals surface area contributed by atoms with Crippen LogP contribution >= 0.6 is 0 Å². The van der Waals surface area contributed by atoms with E-state index in [1.54, 1.807) is 0 Å². The minimum Gasteiger partial charge on any atom is -0.456 e. The molecule has 1 aliphatic rings. The van der Waals surface area contributed by atoms with Crippen LogP contribution in [0, 0.1) is 0 Å². The van der Waals surface area contributed by atoms with E-state index in [0.29, 0.717) is 5.56 Å². The Labute approximate surface area is 161 Å². The van der Waals surface area contributed by atoms with Crippen LogP contribution in [-0.4, -0.2) is 49.7 Å². The van der Waals surface area contributed by atoms with Gasteiger partial charge in [-0.05, 0) is 58.2 Å². The first kappa shape index (κ1) is 19.2. The number of hydrogen-bond donors (Lipinski definition) is 1. The Morgan fingerprint density at radius 2 is 1.67 bits per heavy atom. The minimum atomic E-state index is -0.531. The van der Waals surface area contributed by atoms with E-state index >= 15 is 0 Å². The molecule has 1 heterocycles. The molecule has 0 aliphatic carbocycles. The smallest absolute Gasteiger partial charge is 0.340 e. The first-order chi connectivity index (χ1) is 12.8. The molecule has 3 rings (SSSR count). The molecular formula is C22H29N3O2. The summed E-state index contributed by atoms with van der Waals surface area (Å²) in [4.78, 5) is 17.4. The summed E-state index contributed by atoms with van der Waals surface area (Å²) >= 11 is 0. The number of hydrogen-bond acceptors (Lipinski definition) is 5. The van der Waals surface area contributed by atoms with Gasteiger partial charge in [-0.3, -0.25) is 0 Å². The van der Waals surface area contributed by atoms with E-state index in [1.807, 2.05) is 63.2 Å². The zero-order chi connectivity index (χ0) is 19.4. The number of likely N-dealkylation sites (N-methyl/N-ethyl adjacent to an activating group) is 1. The average Bonchev–Trinajstić information content (AvgIpc) is 2.61. The summed E-state index contributed by atoms with van der Waals surface area (Å²) < 4.78 is 5.60. The molecule has 0 amide bonds. The number of para-hydroxylation sites is 1. The van der Waals surface area contributed by atoms with Crippen molar-refractivity contribution in [2.45, 2.75) is 26.4 Å². The fraction of sp³-hybridized carbons (Fsp3) is 0.409. The molecule has 0 saturated carbocycles. The number of anilines is 3. The first-order valence-electron chi connectivity index (χ1n) is 9.45. The SMILES string of the molecule is CN1CCN(c2ccc(C(=O)OC(C)(C)C)c(Nc3ccccc3)c2)CC1. The topological polar surface area (TPSA) is 44.8 Å². The molecule has 2 aromatic rings. The van der Waals surface area contributed by atoms with Crippen molar-refractivity contribution in [1.29, 1.82) is 0 Å². The highest BCUT2D eigenvalue weighted by atomic mass is 16.6. The number of nitrogens with one attached hydrogen (secondary N) is 1. The van der Waals surface area contributed by atoms with Gasteiger partial charge >= 0.3 is 5.97 Å². The van der Waals surface area contributed by atoms with Crippen molar-refractivity contribution in [3.8, 4) is 0 Å². The summed E-state index contributed by atoms with van der Waals surface area (Å²) in [7, 11) is 2.14. The molecule has 1 aliphatic heterocycles. The maximum absolute atomic E-state index is 12.7. The van der Waals surface area contributed by atoms with Gasteiger partial charge in [-0.2, -0.15) is 0 Å². The van der Waals surface area contributed by atoms with Crippen LogP contribution in [0.25, 0.3) is 0 Å². The van der Waals surface area contributed by atoms with Crippen LogP contribution in [0.4, 0.5) is 17.1 Å². The van der Waals surface area contributed by atoms with Crippen LogP contribution < -0.4 is 10.2 Å². The second-order valence-electron chi connectivity index (χ2n) is 8.01. The quantitative estimate of drug-likeness (QED) is 0.823. The predicted molar refractivity (Wildman–Crippen MR) is 111 cm³/mol. The molecule has 2 aromatic carbocycles. The van der Waals surface area contributed by atoms with Gasteiger partial charge in [-0.1, -0.05) is 18.2 Å². The third-order valence-electron chi connectivity index (χ3n) is 4.54. The number of carbonyl (C=O) groups excluding carboxylic acids is 1. The van der Waals surface area contributed by atoms with Crippen molar-refractivity contribution < 1.29 is 9.53 Å². The second-order valence-corrected chi connectivity index (χ2v) is 8.01. The molecule has 5 nitrogen and oxygen atoms in total. The van der Waals surface area contributed by atoms with Crippen molar-refractivity contribution in [2.75, 3.05) is 43.4 Å². The molecular weight excluding hydrogens is 338 g/mol. The first-order valence-corrected chi connectivity index (χ1v) is 9.45. The molecule has 0 bridgehead atoms. The van der Waals surface area contributed by atoms with Crippen LogP contribution in [0.1, 0.15) is 31.1 Å². The monoisotopic (exact) mass is 367 g/mol. The molecule has 0 aromatic heterocycles. The summed E-state index contributed by atoms with van der Waals surface area (Å²) in [6, 6.07) is 15.8. The number of piperazine rings is 1. The lowest BCUT2D eigenvalue weighted by Crippen LogP contribution is -2.44. The lowest BCUT2D eigenvalue weighted by molar-refractivity contribution is 0.00708. The molecule has 1 N–H and O–H groups in total. The summed E-state index contributed by atoms with van der Waals surface area (Å²) in [6.45, 7) is 9.68. The van der Waals surface area contributed by atoms with Gasteiger partial charge in [0.05, 0.1) is 11.3 Å². The predicted octanol–water partition coefficient (Wildman–Crippen LogP) is 4.14. The number of benzene rings is 2. The van der Waals surface area contributed by atoms with Crippen LogP contribution in [0.15, 0.2) is 48.5 Å². The van der Waals surface area contributed by atoms with E-state index < -0.39 is 5.60 Å². The Morgan fingerprint density at radius 1 is 1.00 bits per heavy atom. The minimum absolute atomic E-state index is 0.314. The highest BCUT2D eigenvalue weighted by Gasteiger charge is 2.22. The lowest BCUT2D eigenvalue weighted by Gasteiger charge is -2.34. The van der Waals surface area contributed by atoms with Gasteiger partial charge in [-0.15, -0.1) is 0 Å². The number of nitrogens with zero attached hydrogens (tertiary/aromatic N) is 2. The largest absolute Gasteiger partial charge is 0.456 e. The summed E-state index contributed by atoms with van der Waals surface area (Å²) in [5, 5.41) is 3.39. The van der Waals surface area contributed by atoms with E-state index in [2.05, 4.69) is 28.2 Å².